The second kappa shape index (κ2) is 14.2. The van der Waals surface area contributed by atoms with E-state index in [1.807, 2.05) is 38.6 Å². The Kier molecular flexibility index (Phi) is 9.91. The molecule has 2 aromatic carbocycles. The number of nitrogens with zero attached hydrogens (tertiary/aromatic N) is 8. The first-order valence-corrected chi connectivity index (χ1v) is 17.4. The maximum atomic E-state index is 4.94. The van der Waals surface area contributed by atoms with Gasteiger partial charge >= 0.3 is 0 Å². The monoisotopic (exact) mass is 638 g/mol. The summed E-state index contributed by atoms with van der Waals surface area (Å²) in [4.78, 5) is 26.5. The molecule has 2 aliphatic heterocycles. The van der Waals surface area contributed by atoms with E-state index in [9.17, 15) is 0 Å². The number of likely N-dealkylation sites (N-methyl/N-ethyl adjacent to an activating group) is 1. The largest absolute Gasteiger partial charge is 0.371 e. The number of anilines is 6. The molecular weight excluding hydrogens is 593 g/mol. The fraction of sp³-hybridized carbons (Fsp3) is 0.429. The molecule has 2 saturated heterocycles. The molecule has 2 aliphatic rings. The van der Waals surface area contributed by atoms with E-state index < -0.39 is 0 Å². The van der Waals surface area contributed by atoms with Crippen molar-refractivity contribution < 1.29 is 0 Å². The quantitative estimate of drug-likeness (QED) is 0.188. The molecule has 4 aromatic rings. The number of nitrogens with one attached hydrogen (secondary N) is 2. The second-order valence-electron chi connectivity index (χ2n) is 12.3. The predicted octanol–water partition coefficient (Wildman–Crippen LogP) is 6.43. The van der Waals surface area contributed by atoms with Gasteiger partial charge in [0.15, 0.2) is 0 Å². The fourth-order valence-corrected chi connectivity index (χ4v) is 6.92. The van der Waals surface area contributed by atoms with Crippen LogP contribution < -0.4 is 19.8 Å². The Morgan fingerprint density at radius 1 is 1.00 bits per heavy atom. The van der Waals surface area contributed by atoms with Crippen LogP contribution in [0.5, 0.6) is 0 Å². The lowest BCUT2D eigenvalue weighted by Gasteiger charge is -2.43. The molecular formula is C35H46N10S. The number of piperidine rings is 1. The van der Waals surface area contributed by atoms with Gasteiger partial charge in [0, 0.05) is 94.1 Å². The van der Waals surface area contributed by atoms with Crippen LogP contribution in [0, 0.1) is 0 Å². The smallest absolute Gasteiger partial charge is 0.229 e. The highest BCUT2D eigenvalue weighted by Gasteiger charge is 2.27. The van der Waals surface area contributed by atoms with Crippen LogP contribution in [-0.4, -0.2) is 95.4 Å². The number of aromatic nitrogens is 4. The summed E-state index contributed by atoms with van der Waals surface area (Å²) in [5.74, 6) is 1.20. The van der Waals surface area contributed by atoms with E-state index in [1.54, 1.807) is 24.3 Å². The molecule has 0 radical (unpaired) electrons. The summed E-state index contributed by atoms with van der Waals surface area (Å²) in [7, 11) is 4.25. The molecule has 0 aliphatic carbocycles. The number of fused-ring (bicyclic) bond motifs is 1. The van der Waals surface area contributed by atoms with Gasteiger partial charge in [-0.3, -0.25) is 14.9 Å². The van der Waals surface area contributed by atoms with Gasteiger partial charge in [0.25, 0.3) is 0 Å². The third-order valence-electron chi connectivity index (χ3n) is 9.28. The molecule has 242 valence electrons. The molecule has 0 spiro atoms. The van der Waals surface area contributed by atoms with Gasteiger partial charge in [-0.15, -0.1) is 0 Å². The lowest BCUT2D eigenvalue weighted by molar-refractivity contribution is 0.0982. The molecule has 11 heteroatoms. The zero-order chi connectivity index (χ0) is 32.2. The SMILES string of the molecule is C=C(C)c1cnc(Nc2ccc(N3CCC(N4CCN(C)CC4)CC3)c(CC)c2)nc1Nc1ccc2nccnc2c1N(C)SC. The highest BCUT2D eigenvalue weighted by molar-refractivity contribution is 7.99. The van der Waals surface area contributed by atoms with Crippen LogP contribution in [0.25, 0.3) is 16.6 Å². The molecule has 46 heavy (non-hydrogen) atoms. The number of rotatable bonds is 10. The van der Waals surface area contributed by atoms with Crippen LogP contribution in [0.3, 0.4) is 0 Å². The lowest BCUT2D eigenvalue weighted by atomic mass is 10.00. The summed E-state index contributed by atoms with van der Waals surface area (Å²) in [5, 5.41) is 7.05. The average Bonchev–Trinajstić information content (AvgIpc) is 3.08. The summed E-state index contributed by atoms with van der Waals surface area (Å²) < 4.78 is 2.09. The summed E-state index contributed by atoms with van der Waals surface area (Å²) in [5.41, 5.74) is 8.87. The molecule has 0 bridgehead atoms. The summed E-state index contributed by atoms with van der Waals surface area (Å²) >= 11 is 1.61. The standard InChI is InChI=1S/C35H46N10S/c1-7-25-22-26(8-11-31(25)45-16-12-27(13-17-45)44-20-18-42(4)19-21-44)39-35-38-23-28(24(2)3)34(41-35)40-30-10-9-29-32(37-15-14-36-29)33(30)43(5)46-6/h8-11,14-15,22-23,27H,2,7,12-13,16-21H2,1,3-6H3,(H2,38,39,40,41). The van der Waals surface area contributed by atoms with Crippen LogP contribution in [0.4, 0.5) is 34.5 Å². The second-order valence-corrected chi connectivity index (χ2v) is 13.2. The number of hydrogen-bond donors (Lipinski definition) is 2. The third kappa shape index (κ3) is 6.91. The van der Waals surface area contributed by atoms with Gasteiger partial charge in [0.05, 0.1) is 16.9 Å². The first-order valence-electron chi connectivity index (χ1n) is 16.2. The van der Waals surface area contributed by atoms with E-state index in [4.69, 9.17) is 4.98 Å². The molecule has 10 nitrogen and oxygen atoms in total. The zero-order valence-electron chi connectivity index (χ0n) is 27.8. The van der Waals surface area contributed by atoms with Crippen molar-refractivity contribution >= 4 is 63.1 Å². The van der Waals surface area contributed by atoms with E-state index in [2.05, 4.69) is 83.3 Å². The fourth-order valence-electron chi connectivity index (χ4n) is 6.55. The summed E-state index contributed by atoms with van der Waals surface area (Å²) in [6.45, 7) is 15.4. The topological polar surface area (TPSA) is 88.6 Å². The summed E-state index contributed by atoms with van der Waals surface area (Å²) in [6.07, 6.45) is 10.7. The van der Waals surface area contributed by atoms with Gasteiger partial charge in [-0.25, -0.2) is 4.98 Å². The molecule has 0 saturated carbocycles. The van der Waals surface area contributed by atoms with Gasteiger partial charge in [0.1, 0.15) is 11.3 Å². The first-order chi connectivity index (χ1) is 22.3. The van der Waals surface area contributed by atoms with Crippen LogP contribution in [0.2, 0.25) is 0 Å². The Labute approximate surface area is 277 Å². The number of aryl methyl sites for hydroxylation is 1. The van der Waals surface area contributed by atoms with Gasteiger partial charge in [-0.2, -0.15) is 4.98 Å². The maximum absolute atomic E-state index is 4.94. The van der Waals surface area contributed by atoms with E-state index in [0.29, 0.717) is 17.8 Å². The number of piperazine rings is 1. The van der Waals surface area contributed by atoms with E-state index >= 15 is 0 Å². The van der Waals surface area contributed by atoms with Crippen LogP contribution >= 0.6 is 11.9 Å². The van der Waals surface area contributed by atoms with Crippen molar-refractivity contribution in [3.8, 4) is 0 Å². The minimum absolute atomic E-state index is 0.524. The van der Waals surface area contributed by atoms with Crippen molar-refractivity contribution in [2.75, 3.05) is 79.5 Å². The summed E-state index contributed by atoms with van der Waals surface area (Å²) in [6, 6.07) is 11.4. The Balaban J connectivity index is 1.21. The van der Waals surface area contributed by atoms with Crippen molar-refractivity contribution in [1.82, 2.24) is 29.7 Å². The first kappa shape index (κ1) is 32.0. The highest BCUT2D eigenvalue weighted by atomic mass is 32.2. The average molecular weight is 639 g/mol. The van der Waals surface area contributed by atoms with Crippen LogP contribution in [-0.2, 0) is 6.42 Å². The van der Waals surface area contributed by atoms with Crippen molar-refractivity contribution in [3.05, 3.63) is 66.6 Å². The third-order valence-corrected chi connectivity index (χ3v) is 10.0. The Morgan fingerprint density at radius 2 is 1.76 bits per heavy atom. The van der Waals surface area contributed by atoms with E-state index in [0.717, 1.165) is 58.7 Å². The van der Waals surface area contributed by atoms with E-state index in [1.165, 1.54) is 50.3 Å². The van der Waals surface area contributed by atoms with Gasteiger partial charge < -0.3 is 24.7 Å². The van der Waals surface area contributed by atoms with Crippen molar-refractivity contribution in [3.63, 3.8) is 0 Å². The van der Waals surface area contributed by atoms with Crippen molar-refractivity contribution in [2.24, 2.45) is 0 Å². The Bertz CT molecular complexity index is 1680. The predicted molar refractivity (Wildman–Crippen MR) is 195 cm³/mol. The Morgan fingerprint density at radius 3 is 2.48 bits per heavy atom. The van der Waals surface area contributed by atoms with Gasteiger partial charge in [-0.05, 0) is 74.7 Å². The van der Waals surface area contributed by atoms with Crippen molar-refractivity contribution in [1.29, 1.82) is 0 Å². The van der Waals surface area contributed by atoms with Crippen LogP contribution in [0.15, 0.2) is 55.5 Å². The highest BCUT2D eigenvalue weighted by Crippen LogP contribution is 2.38. The zero-order valence-corrected chi connectivity index (χ0v) is 28.6. The van der Waals surface area contributed by atoms with Gasteiger partial charge in [0.2, 0.25) is 5.95 Å². The normalized spacial score (nSPS) is 16.5. The maximum Gasteiger partial charge on any atom is 0.229 e. The number of hydrogen-bond acceptors (Lipinski definition) is 11. The molecule has 4 heterocycles. The van der Waals surface area contributed by atoms with E-state index in [-0.39, 0.29) is 0 Å². The molecule has 2 N–H and O–H groups in total. The molecule has 0 unspecified atom stereocenters. The minimum Gasteiger partial charge on any atom is -0.371 e. The van der Waals surface area contributed by atoms with Crippen molar-refractivity contribution in [2.45, 2.75) is 39.2 Å². The minimum atomic E-state index is 0.524. The van der Waals surface area contributed by atoms with Gasteiger partial charge in [-0.1, -0.05) is 25.5 Å². The lowest BCUT2D eigenvalue weighted by Crippen LogP contribution is -2.52. The molecule has 2 aromatic heterocycles. The molecule has 0 atom stereocenters. The molecule has 0 amide bonds. The van der Waals surface area contributed by atoms with Crippen LogP contribution in [0.1, 0.15) is 37.8 Å². The number of allylic oxidation sites excluding steroid dienone is 1. The molecule has 6 rings (SSSR count). The molecule has 2 fully saturated rings. The number of benzene rings is 2. The Hall–Kier alpha value is -3.93.